The average molecular weight is 286 g/mol. The van der Waals surface area contributed by atoms with Gasteiger partial charge in [-0.25, -0.2) is 13.1 Å². The van der Waals surface area contributed by atoms with E-state index in [-0.39, 0.29) is 17.5 Å². The molecule has 1 atom stereocenters. The Balaban J connectivity index is 2.95. The molecule has 0 spiro atoms. The fraction of sp³-hybridized carbons (Fsp3) is 0.538. The Bertz CT molecular complexity index is 541. The number of nitrogens with one attached hydrogen (secondary N) is 1. The summed E-state index contributed by atoms with van der Waals surface area (Å²) in [5.74, 6) is 0. The van der Waals surface area contributed by atoms with Crippen molar-refractivity contribution in [3.8, 4) is 0 Å². The second-order valence-electron chi connectivity index (χ2n) is 4.60. The van der Waals surface area contributed by atoms with Crippen molar-refractivity contribution in [3.63, 3.8) is 0 Å². The largest absolute Gasteiger partial charge is 0.398 e. The standard InChI is InChI=1S/C13H22N2O3S/c1-5-18-10(3)8-15-19(16,17)13-7-9(2)6-12(14)11(13)4/h6-7,10,15H,5,8,14H2,1-4H3. The highest BCUT2D eigenvalue weighted by atomic mass is 32.2. The summed E-state index contributed by atoms with van der Waals surface area (Å²) in [6.45, 7) is 8.01. The molecule has 0 aliphatic rings. The van der Waals surface area contributed by atoms with Gasteiger partial charge in [0.05, 0.1) is 11.0 Å². The fourth-order valence-corrected chi connectivity index (χ4v) is 3.25. The third-order valence-corrected chi connectivity index (χ3v) is 4.40. The fourth-order valence-electron chi connectivity index (χ4n) is 1.78. The lowest BCUT2D eigenvalue weighted by atomic mass is 10.1. The zero-order chi connectivity index (χ0) is 14.6. The van der Waals surface area contributed by atoms with Gasteiger partial charge in [-0.2, -0.15) is 0 Å². The molecule has 0 saturated carbocycles. The molecule has 0 fully saturated rings. The first-order valence-corrected chi connectivity index (χ1v) is 7.74. The summed E-state index contributed by atoms with van der Waals surface area (Å²) < 4.78 is 32.3. The van der Waals surface area contributed by atoms with Gasteiger partial charge in [0.2, 0.25) is 10.0 Å². The van der Waals surface area contributed by atoms with Gasteiger partial charge in [0.1, 0.15) is 0 Å². The topological polar surface area (TPSA) is 81.4 Å². The summed E-state index contributed by atoms with van der Waals surface area (Å²) in [5, 5.41) is 0. The molecular formula is C13H22N2O3S. The number of hydrogen-bond donors (Lipinski definition) is 2. The molecule has 0 amide bonds. The number of hydrogen-bond acceptors (Lipinski definition) is 4. The molecule has 108 valence electrons. The van der Waals surface area contributed by atoms with Gasteiger partial charge in [-0.15, -0.1) is 0 Å². The summed E-state index contributed by atoms with van der Waals surface area (Å²) in [4.78, 5) is 0.230. The lowest BCUT2D eigenvalue weighted by Crippen LogP contribution is -2.32. The van der Waals surface area contributed by atoms with Crippen LogP contribution in [0.3, 0.4) is 0 Å². The van der Waals surface area contributed by atoms with Gasteiger partial charge in [0.25, 0.3) is 0 Å². The number of aryl methyl sites for hydroxylation is 1. The highest BCUT2D eigenvalue weighted by molar-refractivity contribution is 7.89. The molecule has 19 heavy (non-hydrogen) atoms. The van der Waals surface area contributed by atoms with Gasteiger partial charge in [0.15, 0.2) is 0 Å². The maximum absolute atomic E-state index is 12.2. The van der Waals surface area contributed by atoms with Crippen molar-refractivity contribution in [3.05, 3.63) is 23.3 Å². The monoisotopic (exact) mass is 286 g/mol. The molecule has 0 heterocycles. The van der Waals surface area contributed by atoms with Crippen LogP contribution in [-0.2, 0) is 14.8 Å². The van der Waals surface area contributed by atoms with Crippen LogP contribution in [0.15, 0.2) is 17.0 Å². The first-order valence-electron chi connectivity index (χ1n) is 6.26. The highest BCUT2D eigenvalue weighted by Gasteiger charge is 2.19. The van der Waals surface area contributed by atoms with Crippen LogP contribution in [0, 0.1) is 13.8 Å². The summed E-state index contributed by atoms with van der Waals surface area (Å²) >= 11 is 0. The second-order valence-corrected chi connectivity index (χ2v) is 6.33. The van der Waals surface area contributed by atoms with E-state index in [9.17, 15) is 8.42 Å². The number of anilines is 1. The molecule has 0 radical (unpaired) electrons. The van der Waals surface area contributed by atoms with Crippen LogP contribution < -0.4 is 10.5 Å². The SMILES string of the molecule is CCOC(C)CNS(=O)(=O)c1cc(C)cc(N)c1C. The maximum atomic E-state index is 12.2. The number of nitrogens with two attached hydrogens (primary N) is 1. The summed E-state index contributed by atoms with van der Waals surface area (Å²) in [7, 11) is -3.56. The van der Waals surface area contributed by atoms with E-state index in [1.165, 1.54) is 0 Å². The van der Waals surface area contributed by atoms with Crippen molar-refractivity contribution in [1.29, 1.82) is 0 Å². The van der Waals surface area contributed by atoms with Crippen molar-refractivity contribution in [2.24, 2.45) is 0 Å². The van der Waals surface area contributed by atoms with Crippen LogP contribution in [0.25, 0.3) is 0 Å². The lowest BCUT2D eigenvalue weighted by Gasteiger charge is -2.15. The van der Waals surface area contributed by atoms with Crippen LogP contribution >= 0.6 is 0 Å². The average Bonchev–Trinajstić information content (AvgIpc) is 2.31. The molecule has 1 aromatic carbocycles. The van der Waals surface area contributed by atoms with E-state index in [0.29, 0.717) is 17.9 Å². The van der Waals surface area contributed by atoms with Crippen LogP contribution in [0.2, 0.25) is 0 Å². The van der Waals surface area contributed by atoms with Crippen molar-refractivity contribution in [2.75, 3.05) is 18.9 Å². The van der Waals surface area contributed by atoms with Crippen molar-refractivity contribution < 1.29 is 13.2 Å². The number of sulfonamides is 1. The molecule has 1 unspecified atom stereocenters. The predicted molar refractivity (Wildman–Crippen MR) is 76.6 cm³/mol. The van der Waals surface area contributed by atoms with Crippen LogP contribution in [0.5, 0.6) is 0 Å². The quantitative estimate of drug-likeness (QED) is 0.778. The number of nitrogen functional groups attached to an aromatic ring is 1. The molecule has 0 aromatic heterocycles. The van der Waals surface area contributed by atoms with Crippen LogP contribution in [0.1, 0.15) is 25.0 Å². The molecule has 1 rings (SSSR count). The van der Waals surface area contributed by atoms with E-state index in [1.54, 1.807) is 19.1 Å². The minimum Gasteiger partial charge on any atom is -0.398 e. The Morgan fingerprint density at radius 2 is 2.00 bits per heavy atom. The number of ether oxygens (including phenoxy) is 1. The molecule has 0 aliphatic heterocycles. The Hall–Kier alpha value is -1.11. The van der Waals surface area contributed by atoms with Crippen LogP contribution in [-0.4, -0.2) is 27.7 Å². The van der Waals surface area contributed by atoms with E-state index >= 15 is 0 Å². The normalized spacial score (nSPS) is 13.5. The van der Waals surface area contributed by atoms with E-state index in [2.05, 4.69) is 4.72 Å². The Morgan fingerprint density at radius 3 is 2.58 bits per heavy atom. The molecule has 0 bridgehead atoms. The molecule has 0 saturated heterocycles. The third kappa shape index (κ3) is 4.19. The van der Waals surface area contributed by atoms with Gasteiger partial charge >= 0.3 is 0 Å². The zero-order valence-electron chi connectivity index (χ0n) is 11.9. The zero-order valence-corrected chi connectivity index (χ0v) is 12.7. The molecule has 0 aliphatic carbocycles. The number of benzene rings is 1. The van der Waals surface area contributed by atoms with Gasteiger partial charge < -0.3 is 10.5 Å². The number of rotatable bonds is 6. The van der Waals surface area contributed by atoms with Crippen molar-refractivity contribution >= 4 is 15.7 Å². The van der Waals surface area contributed by atoms with E-state index in [4.69, 9.17) is 10.5 Å². The van der Waals surface area contributed by atoms with Crippen LogP contribution in [0.4, 0.5) is 5.69 Å². The third-order valence-electron chi connectivity index (χ3n) is 2.85. The van der Waals surface area contributed by atoms with Gasteiger partial charge in [-0.3, -0.25) is 0 Å². The van der Waals surface area contributed by atoms with E-state index in [1.807, 2.05) is 20.8 Å². The van der Waals surface area contributed by atoms with Crippen molar-refractivity contribution in [1.82, 2.24) is 4.72 Å². The Morgan fingerprint density at radius 1 is 1.37 bits per heavy atom. The second kappa shape index (κ2) is 6.36. The summed E-state index contributed by atoms with van der Waals surface area (Å²) in [5.41, 5.74) is 7.68. The first-order chi connectivity index (χ1) is 8.77. The van der Waals surface area contributed by atoms with E-state index in [0.717, 1.165) is 5.56 Å². The first kappa shape index (κ1) is 15.9. The van der Waals surface area contributed by atoms with Gasteiger partial charge in [-0.05, 0) is 51.0 Å². The summed E-state index contributed by atoms with van der Waals surface area (Å²) in [6, 6.07) is 3.39. The Kier molecular flexibility index (Phi) is 5.34. The van der Waals surface area contributed by atoms with Gasteiger partial charge in [0, 0.05) is 18.8 Å². The molecule has 1 aromatic rings. The maximum Gasteiger partial charge on any atom is 0.241 e. The smallest absolute Gasteiger partial charge is 0.241 e. The Labute approximate surface area is 115 Å². The van der Waals surface area contributed by atoms with Crippen molar-refractivity contribution in [2.45, 2.75) is 38.7 Å². The minimum atomic E-state index is -3.56. The molecular weight excluding hydrogens is 264 g/mol. The molecule has 6 heteroatoms. The lowest BCUT2D eigenvalue weighted by molar-refractivity contribution is 0.0799. The minimum absolute atomic E-state index is 0.165. The molecule has 3 N–H and O–H groups in total. The van der Waals surface area contributed by atoms with E-state index < -0.39 is 10.0 Å². The predicted octanol–water partition coefficient (Wildman–Crippen LogP) is 1.59. The van der Waals surface area contributed by atoms with Gasteiger partial charge in [-0.1, -0.05) is 0 Å². The highest BCUT2D eigenvalue weighted by Crippen LogP contribution is 2.22. The molecule has 5 nitrogen and oxygen atoms in total. The summed E-state index contributed by atoms with van der Waals surface area (Å²) in [6.07, 6.45) is -0.165.